The Morgan fingerprint density at radius 1 is 1.36 bits per heavy atom. The first-order valence-electron chi connectivity index (χ1n) is 7.43. The minimum absolute atomic E-state index is 0.115. The second kappa shape index (κ2) is 8.13. The van der Waals surface area contributed by atoms with E-state index < -0.39 is 0 Å². The molecule has 0 aliphatic heterocycles. The number of nitrogens with one attached hydrogen (secondary N) is 2. The van der Waals surface area contributed by atoms with Crippen LogP contribution in [0.25, 0.3) is 0 Å². The van der Waals surface area contributed by atoms with E-state index in [1.807, 2.05) is 0 Å². The molecule has 3 rings (SSSR count). The fourth-order valence-electron chi connectivity index (χ4n) is 1.93. The number of benzene rings is 1. The number of nitrogens with zero attached hydrogens (tertiary/aromatic N) is 2. The molecule has 0 radical (unpaired) electrons. The van der Waals surface area contributed by atoms with Crippen molar-refractivity contribution < 1.29 is 13.6 Å². The topological polar surface area (TPSA) is 80.0 Å². The Morgan fingerprint density at radius 3 is 3.00 bits per heavy atom. The lowest BCUT2D eigenvalue weighted by Gasteiger charge is -2.08. The van der Waals surface area contributed by atoms with E-state index in [0.717, 1.165) is 0 Å². The summed E-state index contributed by atoms with van der Waals surface area (Å²) in [6, 6.07) is 9.66. The number of rotatable bonds is 7. The maximum absolute atomic E-state index is 13.2. The highest BCUT2D eigenvalue weighted by molar-refractivity contribution is 8.02. The molecular formula is C16H15FN4O2S2. The van der Waals surface area contributed by atoms with Gasteiger partial charge in [-0.05, 0) is 37.3 Å². The molecule has 25 heavy (non-hydrogen) atoms. The van der Waals surface area contributed by atoms with Crippen LogP contribution >= 0.6 is 23.1 Å². The third-order valence-corrected chi connectivity index (χ3v) is 5.17. The summed E-state index contributed by atoms with van der Waals surface area (Å²) < 4.78 is 19.0. The first-order valence-corrected chi connectivity index (χ1v) is 9.12. The summed E-state index contributed by atoms with van der Waals surface area (Å²) in [5.41, 5.74) is 0.594. The van der Waals surface area contributed by atoms with Crippen LogP contribution in [-0.4, -0.2) is 21.4 Å². The van der Waals surface area contributed by atoms with Gasteiger partial charge in [0.25, 0.3) is 0 Å². The van der Waals surface area contributed by atoms with Crippen LogP contribution in [0, 0.1) is 5.82 Å². The third kappa shape index (κ3) is 5.04. The fourth-order valence-corrected chi connectivity index (χ4v) is 3.87. The van der Waals surface area contributed by atoms with Gasteiger partial charge in [0, 0.05) is 5.69 Å². The number of hydrogen-bond acceptors (Lipinski definition) is 7. The second-order valence-corrected chi connectivity index (χ2v) is 7.63. The maximum atomic E-state index is 13.2. The number of carbonyl (C=O) groups is 1. The molecule has 9 heteroatoms. The molecule has 0 aliphatic rings. The summed E-state index contributed by atoms with van der Waals surface area (Å²) in [5, 5.41) is 14.1. The predicted octanol–water partition coefficient (Wildman–Crippen LogP) is 3.81. The summed E-state index contributed by atoms with van der Waals surface area (Å²) >= 11 is 2.62. The molecule has 0 saturated heterocycles. The van der Waals surface area contributed by atoms with Gasteiger partial charge in [0.15, 0.2) is 4.34 Å². The van der Waals surface area contributed by atoms with Crippen molar-refractivity contribution in [3.63, 3.8) is 0 Å². The molecule has 1 atom stereocenters. The number of halogens is 1. The summed E-state index contributed by atoms with van der Waals surface area (Å²) in [5.74, 6) is 0.255. The summed E-state index contributed by atoms with van der Waals surface area (Å²) in [7, 11) is 0. The highest BCUT2D eigenvalue weighted by Crippen LogP contribution is 2.30. The van der Waals surface area contributed by atoms with E-state index in [1.165, 1.54) is 35.2 Å². The van der Waals surface area contributed by atoms with Gasteiger partial charge in [-0.1, -0.05) is 29.2 Å². The van der Waals surface area contributed by atoms with Crippen LogP contribution in [0.4, 0.5) is 15.2 Å². The molecule has 1 amide bonds. The lowest BCUT2D eigenvalue weighted by molar-refractivity contribution is -0.120. The van der Waals surface area contributed by atoms with Gasteiger partial charge in [-0.15, -0.1) is 10.2 Å². The molecule has 3 aromatic rings. The molecule has 6 nitrogen and oxygen atoms in total. The highest BCUT2D eigenvalue weighted by Gasteiger charge is 2.17. The van der Waals surface area contributed by atoms with Crippen molar-refractivity contribution in [2.75, 3.05) is 5.32 Å². The largest absolute Gasteiger partial charge is 0.467 e. The first-order chi connectivity index (χ1) is 12.1. The molecule has 0 saturated carbocycles. The maximum Gasteiger partial charge on any atom is 0.233 e. The molecule has 0 bridgehead atoms. The smallest absolute Gasteiger partial charge is 0.233 e. The lowest BCUT2D eigenvalue weighted by Crippen LogP contribution is -2.30. The summed E-state index contributed by atoms with van der Waals surface area (Å²) in [4.78, 5) is 12.1. The van der Waals surface area contributed by atoms with E-state index in [9.17, 15) is 9.18 Å². The highest BCUT2D eigenvalue weighted by atomic mass is 32.2. The van der Waals surface area contributed by atoms with Gasteiger partial charge in [-0.2, -0.15) is 0 Å². The Balaban J connectivity index is 1.52. The van der Waals surface area contributed by atoms with Gasteiger partial charge in [0.1, 0.15) is 11.6 Å². The van der Waals surface area contributed by atoms with E-state index >= 15 is 0 Å². The van der Waals surface area contributed by atoms with Crippen molar-refractivity contribution in [1.82, 2.24) is 15.5 Å². The zero-order chi connectivity index (χ0) is 17.6. The predicted molar refractivity (Wildman–Crippen MR) is 95.5 cm³/mol. The van der Waals surface area contributed by atoms with Crippen LogP contribution in [0.3, 0.4) is 0 Å². The Bertz CT molecular complexity index is 838. The van der Waals surface area contributed by atoms with Crippen LogP contribution in [0.5, 0.6) is 0 Å². The number of anilines is 2. The van der Waals surface area contributed by atoms with Crippen molar-refractivity contribution in [2.24, 2.45) is 0 Å². The number of aromatic nitrogens is 2. The van der Waals surface area contributed by atoms with Crippen molar-refractivity contribution in [1.29, 1.82) is 0 Å². The molecule has 2 heterocycles. The Hall–Kier alpha value is -2.39. The molecule has 0 fully saturated rings. The number of amides is 1. The third-order valence-electron chi connectivity index (χ3n) is 3.15. The van der Waals surface area contributed by atoms with Crippen molar-refractivity contribution in [3.8, 4) is 0 Å². The Kier molecular flexibility index (Phi) is 5.67. The molecular weight excluding hydrogens is 363 g/mol. The molecule has 130 valence electrons. The van der Waals surface area contributed by atoms with Crippen molar-refractivity contribution >= 4 is 39.8 Å². The monoisotopic (exact) mass is 378 g/mol. The number of hydrogen-bond donors (Lipinski definition) is 2. The van der Waals surface area contributed by atoms with Gasteiger partial charge in [0.05, 0.1) is 18.1 Å². The zero-order valence-corrected chi connectivity index (χ0v) is 14.9. The first kappa shape index (κ1) is 17.4. The van der Waals surface area contributed by atoms with E-state index in [4.69, 9.17) is 4.42 Å². The second-order valence-electron chi connectivity index (χ2n) is 5.07. The van der Waals surface area contributed by atoms with Gasteiger partial charge in [-0.25, -0.2) is 4.39 Å². The minimum atomic E-state index is -0.329. The quantitative estimate of drug-likeness (QED) is 0.609. The Morgan fingerprint density at radius 2 is 2.24 bits per heavy atom. The van der Waals surface area contributed by atoms with E-state index in [1.54, 1.807) is 37.5 Å². The van der Waals surface area contributed by atoms with Crippen molar-refractivity contribution in [3.05, 3.63) is 54.2 Å². The molecule has 2 aromatic heterocycles. The van der Waals surface area contributed by atoms with Gasteiger partial charge < -0.3 is 15.1 Å². The molecule has 0 aliphatic carbocycles. The van der Waals surface area contributed by atoms with Gasteiger partial charge in [0.2, 0.25) is 11.0 Å². The number of furan rings is 1. The van der Waals surface area contributed by atoms with Crippen LogP contribution in [0.2, 0.25) is 0 Å². The molecule has 0 spiro atoms. The lowest BCUT2D eigenvalue weighted by atomic mass is 10.3. The van der Waals surface area contributed by atoms with Gasteiger partial charge >= 0.3 is 0 Å². The zero-order valence-electron chi connectivity index (χ0n) is 13.2. The Labute approximate surface area is 151 Å². The van der Waals surface area contributed by atoms with Crippen LogP contribution in [0.1, 0.15) is 12.7 Å². The van der Waals surface area contributed by atoms with E-state index in [-0.39, 0.29) is 17.0 Å². The molecule has 2 N–H and O–H groups in total. The van der Waals surface area contributed by atoms with Crippen LogP contribution < -0.4 is 10.6 Å². The average Bonchev–Trinajstić information content (AvgIpc) is 3.24. The van der Waals surface area contributed by atoms with Crippen molar-refractivity contribution in [2.45, 2.75) is 23.1 Å². The number of thioether (sulfide) groups is 1. The summed E-state index contributed by atoms with van der Waals surface area (Å²) in [6.07, 6.45) is 1.56. The fraction of sp³-hybridized carbons (Fsp3) is 0.188. The van der Waals surface area contributed by atoms with Crippen LogP contribution in [-0.2, 0) is 11.3 Å². The minimum Gasteiger partial charge on any atom is -0.467 e. The SMILES string of the molecule is C[C@@H](Sc1nnc(Nc2cccc(F)c2)s1)C(=O)NCc1ccco1. The van der Waals surface area contributed by atoms with E-state index in [2.05, 4.69) is 20.8 Å². The molecule has 1 aromatic carbocycles. The number of carbonyl (C=O) groups excluding carboxylic acids is 1. The van der Waals surface area contributed by atoms with E-state index in [0.29, 0.717) is 27.5 Å². The molecule has 0 unspecified atom stereocenters. The average molecular weight is 378 g/mol. The van der Waals surface area contributed by atoms with Gasteiger partial charge in [-0.3, -0.25) is 4.79 Å². The van der Waals surface area contributed by atoms with Crippen LogP contribution in [0.15, 0.2) is 51.4 Å². The summed E-state index contributed by atoms with van der Waals surface area (Å²) in [6.45, 7) is 2.14. The standard InChI is InChI=1S/C16H15FN4O2S2/c1-10(14(22)18-9-13-6-3-7-23-13)24-16-21-20-15(25-16)19-12-5-2-4-11(17)8-12/h2-8,10H,9H2,1H3,(H,18,22)(H,19,20)/t10-/m1/s1. The normalized spacial score (nSPS) is 11.9.